The molecule has 0 aliphatic rings. The lowest BCUT2D eigenvalue weighted by Crippen LogP contribution is -2.18. The average molecular weight is 271 g/mol. The molecule has 0 aromatic heterocycles. The second-order valence-electron chi connectivity index (χ2n) is 4.49. The molecule has 1 amide bonds. The molecule has 20 heavy (non-hydrogen) atoms. The Bertz CT molecular complexity index is 567. The molecule has 0 bridgehead atoms. The molecule has 0 fully saturated rings. The summed E-state index contributed by atoms with van der Waals surface area (Å²) < 4.78 is 10.8. The molecule has 2 rings (SSSR count). The number of benzene rings is 2. The molecule has 0 spiro atoms. The van der Waals surface area contributed by atoms with Crippen molar-refractivity contribution in [2.45, 2.75) is 20.0 Å². The largest absolute Gasteiger partial charge is 0.455 e. The van der Waals surface area contributed by atoms with Gasteiger partial charge in [-0.25, -0.2) is 4.79 Å². The topological polar surface area (TPSA) is 47.6 Å². The maximum absolute atomic E-state index is 11.6. The van der Waals surface area contributed by atoms with Gasteiger partial charge in [0.05, 0.1) is 11.8 Å². The van der Waals surface area contributed by atoms with Gasteiger partial charge in [0.25, 0.3) is 0 Å². The van der Waals surface area contributed by atoms with Crippen LogP contribution in [-0.2, 0) is 4.74 Å². The maximum atomic E-state index is 11.6. The first-order chi connectivity index (χ1) is 9.65. The van der Waals surface area contributed by atoms with Crippen molar-refractivity contribution in [1.29, 1.82) is 0 Å². The lowest BCUT2D eigenvalue weighted by Gasteiger charge is -2.13. The smallest absolute Gasteiger partial charge is 0.411 e. The van der Waals surface area contributed by atoms with Gasteiger partial charge < -0.3 is 9.47 Å². The van der Waals surface area contributed by atoms with Gasteiger partial charge in [-0.1, -0.05) is 30.3 Å². The molecular formula is C16H17NO3. The Morgan fingerprint density at radius 1 is 1.00 bits per heavy atom. The number of carbonyl (C=O) groups is 1. The lowest BCUT2D eigenvalue weighted by molar-refractivity contribution is 0.130. The Kier molecular flexibility index (Phi) is 4.60. The van der Waals surface area contributed by atoms with Crippen molar-refractivity contribution in [3.8, 4) is 11.5 Å². The molecule has 0 radical (unpaired) electrons. The molecule has 0 aliphatic heterocycles. The van der Waals surface area contributed by atoms with Gasteiger partial charge >= 0.3 is 6.09 Å². The Morgan fingerprint density at radius 3 is 2.35 bits per heavy atom. The van der Waals surface area contributed by atoms with Crippen molar-refractivity contribution in [1.82, 2.24) is 0 Å². The van der Waals surface area contributed by atoms with Crippen LogP contribution in [0, 0.1) is 0 Å². The van der Waals surface area contributed by atoms with Crippen molar-refractivity contribution < 1.29 is 14.3 Å². The number of hydrogen-bond donors (Lipinski definition) is 1. The Balaban J connectivity index is 2.12. The predicted octanol–water partition coefficient (Wildman–Crippen LogP) is 4.44. The minimum Gasteiger partial charge on any atom is -0.455 e. The molecule has 1 N–H and O–H groups in total. The summed E-state index contributed by atoms with van der Waals surface area (Å²) in [5, 5.41) is 2.68. The van der Waals surface area contributed by atoms with Gasteiger partial charge in [0.2, 0.25) is 0 Å². The van der Waals surface area contributed by atoms with Gasteiger partial charge in [0.1, 0.15) is 5.75 Å². The molecule has 2 aromatic rings. The van der Waals surface area contributed by atoms with E-state index in [0.717, 1.165) is 0 Å². The number of para-hydroxylation sites is 3. The summed E-state index contributed by atoms with van der Waals surface area (Å²) in [6.45, 7) is 3.60. The first kappa shape index (κ1) is 13.9. The summed E-state index contributed by atoms with van der Waals surface area (Å²) >= 11 is 0. The van der Waals surface area contributed by atoms with Crippen molar-refractivity contribution in [3.63, 3.8) is 0 Å². The summed E-state index contributed by atoms with van der Waals surface area (Å²) in [6.07, 6.45) is -0.665. The standard InChI is InChI=1S/C16H17NO3/c1-12(2)19-16(18)17-14-10-6-7-11-15(14)20-13-8-4-3-5-9-13/h3-12H,1-2H3,(H,17,18). The number of anilines is 1. The molecule has 0 aliphatic carbocycles. The zero-order chi connectivity index (χ0) is 14.4. The predicted molar refractivity (Wildman–Crippen MR) is 78.2 cm³/mol. The SMILES string of the molecule is CC(C)OC(=O)Nc1ccccc1Oc1ccccc1. The van der Waals surface area contributed by atoms with Crippen LogP contribution in [0.1, 0.15) is 13.8 Å². The zero-order valence-electron chi connectivity index (χ0n) is 11.5. The van der Waals surface area contributed by atoms with E-state index in [1.165, 1.54) is 0 Å². The highest BCUT2D eigenvalue weighted by Gasteiger charge is 2.10. The highest BCUT2D eigenvalue weighted by Crippen LogP contribution is 2.29. The molecule has 4 nitrogen and oxygen atoms in total. The average Bonchev–Trinajstić information content (AvgIpc) is 2.41. The van der Waals surface area contributed by atoms with Crippen LogP contribution in [0.3, 0.4) is 0 Å². The summed E-state index contributed by atoms with van der Waals surface area (Å²) in [5.74, 6) is 1.28. The first-order valence-electron chi connectivity index (χ1n) is 6.44. The highest BCUT2D eigenvalue weighted by atomic mass is 16.6. The van der Waals surface area contributed by atoms with Crippen LogP contribution in [0.25, 0.3) is 0 Å². The number of hydrogen-bond acceptors (Lipinski definition) is 3. The molecular weight excluding hydrogens is 254 g/mol. The van der Waals surface area contributed by atoms with Crippen LogP contribution in [0.5, 0.6) is 11.5 Å². The molecule has 0 saturated heterocycles. The van der Waals surface area contributed by atoms with E-state index in [1.54, 1.807) is 26.0 Å². The molecule has 0 unspecified atom stereocenters. The maximum Gasteiger partial charge on any atom is 0.411 e. The van der Waals surface area contributed by atoms with E-state index in [0.29, 0.717) is 17.2 Å². The van der Waals surface area contributed by atoms with Crippen molar-refractivity contribution in [3.05, 3.63) is 54.6 Å². The van der Waals surface area contributed by atoms with Gasteiger partial charge in [-0.05, 0) is 38.1 Å². The van der Waals surface area contributed by atoms with Crippen LogP contribution < -0.4 is 10.1 Å². The molecule has 104 valence electrons. The molecule has 2 aromatic carbocycles. The molecule has 0 saturated carbocycles. The second kappa shape index (κ2) is 6.61. The fraction of sp³-hybridized carbons (Fsp3) is 0.188. The van der Waals surface area contributed by atoms with Crippen molar-refractivity contribution in [2.75, 3.05) is 5.32 Å². The van der Waals surface area contributed by atoms with E-state index < -0.39 is 6.09 Å². The molecule has 4 heteroatoms. The van der Waals surface area contributed by atoms with Gasteiger partial charge in [0, 0.05) is 0 Å². The van der Waals surface area contributed by atoms with Crippen LogP contribution in [-0.4, -0.2) is 12.2 Å². The van der Waals surface area contributed by atoms with Crippen LogP contribution in [0.2, 0.25) is 0 Å². The van der Waals surface area contributed by atoms with E-state index in [2.05, 4.69) is 5.32 Å². The normalized spacial score (nSPS) is 10.2. The number of amides is 1. The summed E-state index contributed by atoms with van der Waals surface area (Å²) in [6, 6.07) is 16.6. The third kappa shape index (κ3) is 4.02. The Labute approximate surface area is 118 Å². The number of nitrogens with one attached hydrogen (secondary N) is 1. The van der Waals surface area contributed by atoms with Gasteiger partial charge in [0.15, 0.2) is 5.75 Å². The third-order valence-corrected chi connectivity index (χ3v) is 2.44. The van der Waals surface area contributed by atoms with E-state index in [4.69, 9.17) is 9.47 Å². The van der Waals surface area contributed by atoms with E-state index in [9.17, 15) is 4.79 Å². The fourth-order valence-electron chi connectivity index (χ4n) is 1.63. The van der Waals surface area contributed by atoms with E-state index >= 15 is 0 Å². The number of carbonyl (C=O) groups excluding carboxylic acids is 1. The number of rotatable bonds is 4. The first-order valence-corrected chi connectivity index (χ1v) is 6.44. The zero-order valence-corrected chi connectivity index (χ0v) is 11.5. The quantitative estimate of drug-likeness (QED) is 0.894. The lowest BCUT2D eigenvalue weighted by atomic mass is 10.3. The summed E-state index contributed by atoms with van der Waals surface area (Å²) in [4.78, 5) is 11.6. The monoisotopic (exact) mass is 271 g/mol. The third-order valence-electron chi connectivity index (χ3n) is 2.44. The minimum atomic E-state index is -0.496. The van der Waals surface area contributed by atoms with E-state index in [1.807, 2.05) is 42.5 Å². The van der Waals surface area contributed by atoms with Crippen LogP contribution >= 0.6 is 0 Å². The Morgan fingerprint density at radius 2 is 1.65 bits per heavy atom. The second-order valence-corrected chi connectivity index (χ2v) is 4.49. The van der Waals surface area contributed by atoms with Gasteiger partial charge in [-0.3, -0.25) is 5.32 Å². The highest BCUT2D eigenvalue weighted by molar-refractivity contribution is 5.86. The van der Waals surface area contributed by atoms with Gasteiger partial charge in [-0.2, -0.15) is 0 Å². The minimum absolute atomic E-state index is 0.169. The van der Waals surface area contributed by atoms with Crippen LogP contribution in [0.15, 0.2) is 54.6 Å². The van der Waals surface area contributed by atoms with Crippen molar-refractivity contribution in [2.24, 2.45) is 0 Å². The number of ether oxygens (including phenoxy) is 2. The fourth-order valence-corrected chi connectivity index (χ4v) is 1.63. The van der Waals surface area contributed by atoms with Gasteiger partial charge in [-0.15, -0.1) is 0 Å². The van der Waals surface area contributed by atoms with E-state index in [-0.39, 0.29) is 6.10 Å². The van der Waals surface area contributed by atoms with Crippen LogP contribution in [0.4, 0.5) is 10.5 Å². The summed E-state index contributed by atoms with van der Waals surface area (Å²) in [7, 11) is 0. The van der Waals surface area contributed by atoms with Crippen molar-refractivity contribution >= 4 is 11.8 Å². The summed E-state index contributed by atoms with van der Waals surface area (Å²) in [5.41, 5.74) is 0.571. The molecule has 0 heterocycles. The molecule has 0 atom stereocenters. The Hall–Kier alpha value is -2.49.